The molecule has 4 nitrogen and oxygen atoms in total. The normalized spacial score (nSPS) is 21.2. The fourth-order valence-electron chi connectivity index (χ4n) is 3.06. The summed E-state index contributed by atoms with van der Waals surface area (Å²) in [4.78, 5) is 2.16. The molecule has 1 saturated heterocycles. The van der Waals surface area contributed by atoms with Crippen molar-refractivity contribution in [1.82, 2.24) is 4.90 Å². The molecule has 0 amide bonds. The molecule has 2 atom stereocenters. The summed E-state index contributed by atoms with van der Waals surface area (Å²) in [6, 6.07) is 7.60. The minimum atomic E-state index is -0.736. The highest BCUT2D eigenvalue weighted by molar-refractivity contribution is 6.30. The highest BCUT2D eigenvalue weighted by Gasteiger charge is 2.36. The first-order chi connectivity index (χ1) is 10.4. The number of rotatable bonds is 7. The van der Waals surface area contributed by atoms with Crippen LogP contribution in [-0.4, -0.2) is 52.6 Å². The summed E-state index contributed by atoms with van der Waals surface area (Å²) < 4.78 is 5.57. The van der Waals surface area contributed by atoms with Crippen LogP contribution in [0, 0.1) is 0 Å². The second-order valence-electron chi connectivity index (χ2n) is 6.60. The van der Waals surface area contributed by atoms with Crippen LogP contribution in [0.3, 0.4) is 0 Å². The molecule has 0 spiro atoms. The Hall–Kier alpha value is -0.650. The van der Waals surface area contributed by atoms with Gasteiger partial charge in [-0.2, -0.15) is 0 Å². The first kappa shape index (κ1) is 17.7. The van der Waals surface area contributed by atoms with E-state index in [1.165, 1.54) is 0 Å². The van der Waals surface area contributed by atoms with Gasteiger partial charge in [0.25, 0.3) is 0 Å². The van der Waals surface area contributed by atoms with Gasteiger partial charge in [0.05, 0.1) is 24.9 Å². The van der Waals surface area contributed by atoms with Crippen LogP contribution in [0.2, 0.25) is 5.02 Å². The summed E-state index contributed by atoms with van der Waals surface area (Å²) >= 11 is 5.83. The monoisotopic (exact) mass is 327 g/mol. The van der Waals surface area contributed by atoms with Gasteiger partial charge >= 0.3 is 0 Å². The molecule has 2 unspecified atom stereocenters. The Morgan fingerprint density at radius 3 is 2.68 bits per heavy atom. The van der Waals surface area contributed by atoms with Gasteiger partial charge in [-0.05, 0) is 50.9 Å². The number of benzene rings is 1. The molecule has 0 aliphatic carbocycles. The highest BCUT2D eigenvalue weighted by atomic mass is 35.5. The van der Waals surface area contributed by atoms with E-state index in [1.807, 2.05) is 38.1 Å². The third-order valence-electron chi connectivity index (χ3n) is 4.12. The van der Waals surface area contributed by atoms with Crippen molar-refractivity contribution >= 4 is 11.6 Å². The number of ether oxygens (including phenoxy) is 1. The van der Waals surface area contributed by atoms with Crippen LogP contribution in [-0.2, 0) is 11.3 Å². The van der Waals surface area contributed by atoms with Crippen LogP contribution in [0.25, 0.3) is 0 Å². The lowest BCUT2D eigenvalue weighted by molar-refractivity contribution is -0.0331. The van der Waals surface area contributed by atoms with Crippen molar-refractivity contribution in [2.45, 2.75) is 51.0 Å². The maximum absolute atomic E-state index is 10.2. The predicted octanol–water partition coefficient (Wildman–Crippen LogP) is 2.45. The van der Waals surface area contributed by atoms with Crippen molar-refractivity contribution in [2.75, 3.05) is 19.7 Å². The van der Waals surface area contributed by atoms with Crippen molar-refractivity contribution in [3.63, 3.8) is 0 Å². The van der Waals surface area contributed by atoms with Gasteiger partial charge in [-0.25, -0.2) is 0 Å². The molecule has 0 bridgehead atoms. The number of likely N-dealkylation sites (tertiary alicyclic amines) is 1. The molecular weight excluding hydrogens is 302 g/mol. The summed E-state index contributed by atoms with van der Waals surface area (Å²) in [5.41, 5.74) is 0.299. The van der Waals surface area contributed by atoms with Crippen LogP contribution in [0.4, 0.5) is 0 Å². The van der Waals surface area contributed by atoms with E-state index in [-0.39, 0.29) is 12.6 Å². The first-order valence-electron chi connectivity index (χ1n) is 7.83. The number of hydrogen-bond donors (Lipinski definition) is 2. The molecule has 5 heteroatoms. The first-order valence-corrected chi connectivity index (χ1v) is 8.21. The van der Waals surface area contributed by atoms with Gasteiger partial charge in [0.2, 0.25) is 0 Å². The van der Waals surface area contributed by atoms with E-state index in [2.05, 4.69) is 4.90 Å². The number of aliphatic hydroxyl groups is 2. The van der Waals surface area contributed by atoms with Crippen molar-refractivity contribution in [3.05, 3.63) is 34.9 Å². The van der Waals surface area contributed by atoms with E-state index in [9.17, 15) is 10.2 Å². The third kappa shape index (κ3) is 5.21. The molecule has 1 aliphatic rings. The quantitative estimate of drug-likeness (QED) is 0.807. The molecular formula is C17H26ClNO3. The zero-order chi connectivity index (χ0) is 16.2. The van der Waals surface area contributed by atoms with Crippen LogP contribution < -0.4 is 0 Å². The lowest BCUT2D eigenvalue weighted by atomic mass is 9.96. The van der Waals surface area contributed by atoms with Gasteiger partial charge in [0.15, 0.2) is 0 Å². The molecule has 2 rings (SSSR count). The zero-order valence-corrected chi connectivity index (χ0v) is 14.1. The Balaban J connectivity index is 1.73. The molecule has 1 aromatic rings. The minimum absolute atomic E-state index is 0.110. The largest absolute Gasteiger partial charge is 0.389 e. The molecule has 1 aromatic carbocycles. The second-order valence-corrected chi connectivity index (χ2v) is 7.04. The van der Waals surface area contributed by atoms with Gasteiger partial charge in [-0.3, -0.25) is 4.90 Å². The highest BCUT2D eigenvalue weighted by Crippen LogP contribution is 2.26. The minimum Gasteiger partial charge on any atom is -0.389 e. The topological polar surface area (TPSA) is 52.9 Å². The van der Waals surface area contributed by atoms with E-state index in [4.69, 9.17) is 16.3 Å². The van der Waals surface area contributed by atoms with Crippen LogP contribution in [0.15, 0.2) is 24.3 Å². The zero-order valence-electron chi connectivity index (χ0n) is 13.3. The third-order valence-corrected chi connectivity index (χ3v) is 4.37. The molecule has 0 aromatic heterocycles. The Labute approximate surface area is 137 Å². The average molecular weight is 328 g/mol. The van der Waals surface area contributed by atoms with Gasteiger partial charge in [-0.1, -0.05) is 23.7 Å². The summed E-state index contributed by atoms with van der Waals surface area (Å²) in [5, 5.41) is 21.0. The van der Waals surface area contributed by atoms with Crippen LogP contribution in [0.5, 0.6) is 0 Å². The van der Waals surface area contributed by atoms with Crippen molar-refractivity contribution in [3.8, 4) is 0 Å². The van der Waals surface area contributed by atoms with E-state index in [0.29, 0.717) is 18.2 Å². The predicted molar refractivity (Wildman–Crippen MR) is 88.0 cm³/mol. The van der Waals surface area contributed by atoms with Crippen molar-refractivity contribution in [1.29, 1.82) is 0 Å². The molecule has 124 valence electrons. The van der Waals surface area contributed by atoms with Gasteiger partial charge in [-0.15, -0.1) is 0 Å². The molecule has 1 fully saturated rings. The Kier molecular flexibility index (Phi) is 6.24. The number of halogens is 1. The summed E-state index contributed by atoms with van der Waals surface area (Å²) in [6.07, 6.45) is 1.49. The number of nitrogens with zero attached hydrogens (tertiary/aromatic N) is 1. The summed E-state index contributed by atoms with van der Waals surface area (Å²) in [6.45, 7) is 5.87. The van der Waals surface area contributed by atoms with E-state index >= 15 is 0 Å². The summed E-state index contributed by atoms with van der Waals surface area (Å²) in [5.74, 6) is 0. The van der Waals surface area contributed by atoms with Gasteiger partial charge in [0.1, 0.15) is 0 Å². The molecule has 1 heterocycles. The van der Waals surface area contributed by atoms with Crippen LogP contribution >= 0.6 is 11.6 Å². The molecule has 0 saturated carbocycles. The number of aliphatic hydroxyl groups excluding tert-OH is 1. The van der Waals surface area contributed by atoms with Crippen LogP contribution in [0.1, 0.15) is 32.3 Å². The molecule has 0 radical (unpaired) electrons. The SMILES string of the molecule is CC(C)(O)C1CCCN1CC(O)COCc1ccc(Cl)cc1. The fraction of sp³-hybridized carbons (Fsp3) is 0.647. The average Bonchev–Trinajstić information content (AvgIpc) is 2.89. The maximum Gasteiger partial charge on any atom is 0.0900 e. The van der Waals surface area contributed by atoms with E-state index in [1.54, 1.807) is 0 Å². The fourth-order valence-corrected chi connectivity index (χ4v) is 3.19. The number of hydrogen-bond acceptors (Lipinski definition) is 4. The Morgan fingerprint density at radius 2 is 2.05 bits per heavy atom. The molecule has 1 aliphatic heterocycles. The lowest BCUT2D eigenvalue weighted by Gasteiger charge is -2.34. The molecule has 22 heavy (non-hydrogen) atoms. The van der Waals surface area contributed by atoms with Crippen molar-refractivity contribution < 1.29 is 14.9 Å². The van der Waals surface area contributed by atoms with E-state index < -0.39 is 11.7 Å². The van der Waals surface area contributed by atoms with E-state index in [0.717, 1.165) is 24.9 Å². The van der Waals surface area contributed by atoms with Gasteiger partial charge in [0, 0.05) is 17.6 Å². The summed E-state index contributed by atoms with van der Waals surface area (Å²) in [7, 11) is 0. The number of β-amino-alcohol motifs (C(OH)–C–C–N with tert-alkyl or cyclic N) is 1. The standard InChI is InChI=1S/C17H26ClNO3/c1-17(2,21)16-4-3-9-19(16)10-15(20)12-22-11-13-5-7-14(18)8-6-13/h5-8,15-16,20-21H,3-4,9-12H2,1-2H3. The Morgan fingerprint density at radius 1 is 1.36 bits per heavy atom. The maximum atomic E-state index is 10.2. The lowest BCUT2D eigenvalue weighted by Crippen LogP contribution is -2.48. The molecule has 2 N–H and O–H groups in total. The van der Waals surface area contributed by atoms with Gasteiger partial charge < -0.3 is 14.9 Å². The van der Waals surface area contributed by atoms with Crippen molar-refractivity contribution in [2.24, 2.45) is 0 Å². The smallest absolute Gasteiger partial charge is 0.0900 e. The second kappa shape index (κ2) is 7.75. The Bertz CT molecular complexity index is 458.